The van der Waals surface area contributed by atoms with Crippen LogP contribution in [0.1, 0.15) is 5.56 Å². The molecule has 0 amide bonds. The lowest BCUT2D eigenvalue weighted by Gasteiger charge is -2.08. The average molecular weight is 493 g/mol. The van der Waals surface area contributed by atoms with Crippen LogP contribution in [-0.4, -0.2) is 81.1 Å². The van der Waals surface area contributed by atoms with Crippen LogP contribution >= 0.6 is 0 Å². The molecule has 2 N–H and O–H groups in total. The van der Waals surface area contributed by atoms with E-state index in [1.165, 1.54) is 0 Å². The van der Waals surface area contributed by atoms with Gasteiger partial charge in [-0.15, -0.1) is 0 Å². The second kappa shape index (κ2) is 14.4. The van der Waals surface area contributed by atoms with Crippen LogP contribution < -0.4 is 0 Å². The van der Waals surface area contributed by atoms with Gasteiger partial charge >= 0.3 is 0 Å². The fraction of sp³-hybridized carbons (Fsp3) is 0.357. The largest absolute Gasteiger partial charge is 0.484 e. The van der Waals surface area contributed by atoms with Crippen LogP contribution in [0.15, 0.2) is 72.5 Å². The molecule has 1 aromatic carbocycles. The molecule has 1 aliphatic carbocycles. The Morgan fingerprint density at radius 3 is 2.25 bits per heavy atom. The van der Waals surface area contributed by atoms with Crippen molar-refractivity contribution in [2.75, 3.05) is 66.1 Å². The van der Waals surface area contributed by atoms with Crippen molar-refractivity contribution < 1.29 is 28.8 Å². The first-order chi connectivity index (χ1) is 17.8. The zero-order valence-electron chi connectivity index (χ0n) is 20.3. The highest BCUT2D eigenvalue weighted by molar-refractivity contribution is 6.07. The summed E-state index contributed by atoms with van der Waals surface area (Å²) in [6.07, 6.45) is 11.5. The molecule has 0 spiro atoms. The van der Waals surface area contributed by atoms with Gasteiger partial charge in [0, 0.05) is 34.2 Å². The maximum absolute atomic E-state index is 8.60. The molecule has 0 radical (unpaired) electrons. The molecule has 2 heterocycles. The second-order valence-corrected chi connectivity index (χ2v) is 7.96. The third-order valence-corrected chi connectivity index (χ3v) is 5.47. The highest BCUT2D eigenvalue weighted by Crippen LogP contribution is 2.28. The third kappa shape index (κ3) is 7.63. The highest BCUT2D eigenvalue weighted by atomic mass is 16.6. The van der Waals surface area contributed by atoms with E-state index in [0.29, 0.717) is 65.2 Å². The molecule has 3 aromatic rings. The molecule has 0 unspecified atom stereocenters. The molecule has 36 heavy (non-hydrogen) atoms. The summed E-state index contributed by atoms with van der Waals surface area (Å²) in [5.41, 5.74) is 7.52. The molecule has 0 fully saturated rings. The van der Waals surface area contributed by atoms with Gasteiger partial charge in [0.1, 0.15) is 6.61 Å². The smallest absolute Gasteiger partial charge is 0.162 e. The quantitative estimate of drug-likeness (QED) is 0.232. The van der Waals surface area contributed by atoms with Gasteiger partial charge in [0.25, 0.3) is 0 Å². The molecule has 8 heteroatoms. The van der Waals surface area contributed by atoms with E-state index in [1.54, 1.807) is 6.20 Å². The Morgan fingerprint density at radius 1 is 0.778 bits per heavy atom. The number of ether oxygens (including phenoxy) is 5. The molecule has 2 aromatic heterocycles. The number of allylic oxidation sites excluding steroid dienone is 4. The summed E-state index contributed by atoms with van der Waals surface area (Å²) in [5, 5.41) is 10.9. The standard InChI is InChI=1S/C28H32N2O6/c31-10-11-32-12-13-33-14-15-34-16-17-35-18-19-36-24-3-1-2-22(4-6-24)23-5-7-25-26-21-29-9-8-27(26)30-28(25)20-23/h1-2,4-9,20-21,30-31H,10-19H2. The molecule has 8 nitrogen and oxygen atoms in total. The van der Waals surface area contributed by atoms with Crippen molar-refractivity contribution in [1.29, 1.82) is 0 Å². The number of aliphatic hydroxyl groups is 1. The topological polar surface area (TPSA) is 95.1 Å². The van der Waals surface area contributed by atoms with Gasteiger partial charge in [0.05, 0.1) is 59.5 Å². The Bertz CT molecular complexity index is 1240. The van der Waals surface area contributed by atoms with Gasteiger partial charge in [-0.3, -0.25) is 4.98 Å². The monoisotopic (exact) mass is 492 g/mol. The van der Waals surface area contributed by atoms with Crippen LogP contribution in [0.3, 0.4) is 0 Å². The second-order valence-electron chi connectivity index (χ2n) is 7.96. The Hall–Kier alpha value is -3.23. The van der Waals surface area contributed by atoms with E-state index in [9.17, 15) is 0 Å². The zero-order chi connectivity index (χ0) is 24.8. The number of fused-ring (bicyclic) bond motifs is 3. The Morgan fingerprint density at radius 2 is 1.50 bits per heavy atom. The number of nitrogens with one attached hydrogen (secondary N) is 1. The SMILES string of the molecule is OCCOCCOCCOCCOCCOC1=C=CC=C(c2ccc3c(c2)[nH]c2ccncc23)C=C1. The number of nitrogens with zero attached hydrogens (tertiary/aromatic N) is 1. The van der Waals surface area contributed by atoms with Crippen LogP contribution in [0.2, 0.25) is 0 Å². The van der Waals surface area contributed by atoms with Crippen molar-refractivity contribution >= 4 is 27.4 Å². The van der Waals surface area contributed by atoms with Gasteiger partial charge in [0.15, 0.2) is 5.76 Å². The molecule has 0 atom stereocenters. The van der Waals surface area contributed by atoms with Crippen molar-refractivity contribution in [3.63, 3.8) is 0 Å². The van der Waals surface area contributed by atoms with E-state index in [-0.39, 0.29) is 6.61 Å². The lowest BCUT2D eigenvalue weighted by atomic mass is 10.0. The van der Waals surface area contributed by atoms with E-state index in [0.717, 1.165) is 32.9 Å². The summed E-state index contributed by atoms with van der Waals surface area (Å²) in [6.45, 7) is 4.22. The van der Waals surface area contributed by atoms with E-state index in [2.05, 4.69) is 33.9 Å². The molecule has 0 bridgehead atoms. The summed E-state index contributed by atoms with van der Waals surface area (Å²) in [6, 6.07) is 8.39. The first kappa shape index (κ1) is 25.9. The Kier molecular flexibility index (Phi) is 10.3. The van der Waals surface area contributed by atoms with Gasteiger partial charge in [-0.05, 0) is 41.5 Å². The maximum atomic E-state index is 8.60. The number of benzene rings is 1. The minimum absolute atomic E-state index is 0.0276. The van der Waals surface area contributed by atoms with Crippen LogP contribution in [0.5, 0.6) is 0 Å². The summed E-state index contributed by atoms with van der Waals surface area (Å²) in [4.78, 5) is 7.70. The van der Waals surface area contributed by atoms with Crippen LogP contribution in [0.25, 0.3) is 27.4 Å². The van der Waals surface area contributed by atoms with Crippen LogP contribution in [-0.2, 0) is 23.7 Å². The van der Waals surface area contributed by atoms with Gasteiger partial charge < -0.3 is 33.8 Å². The predicted molar refractivity (Wildman–Crippen MR) is 139 cm³/mol. The fourth-order valence-electron chi connectivity index (χ4n) is 3.73. The number of H-pyrrole nitrogens is 1. The normalized spacial score (nSPS) is 13.2. The first-order valence-electron chi connectivity index (χ1n) is 12.1. The van der Waals surface area contributed by atoms with Gasteiger partial charge in [-0.1, -0.05) is 23.9 Å². The van der Waals surface area contributed by atoms with Gasteiger partial charge in [-0.25, -0.2) is 0 Å². The van der Waals surface area contributed by atoms with E-state index < -0.39 is 0 Å². The summed E-state index contributed by atoms with van der Waals surface area (Å²) in [5.74, 6) is 0.666. The zero-order valence-corrected chi connectivity index (χ0v) is 20.3. The molecule has 0 aliphatic heterocycles. The number of aromatic nitrogens is 2. The van der Waals surface area contributed by atoms with Gasteiger partial charge in [0.2, 0.25) is 0 Å². The Balaban J connectivity index is 1.11. The lowest BCUT2D eigenvalue weighted by molar-refractivity contribution is -0.00961. The molecular weight excluding hydrogens is 460 g/mol. The molecule has 0 saturated carbocycles. The average Bonchev–Trinajstić information content (AvgIpc) is 3.11. The fourth-order valence-corrected chi connectivity index (χ4v) is 3.73. The highest BCUT2D eigenvalue weighted by Gasteiger charge is 2.07. The van der Waals surface area contributed by atoms with Crippen molar-refractivity contribution in [1.82, 2.24) is 9.97 Å². The summed E-state index contributed by atoms with van der Waals surface area (Å²) >= 11 is 0. The van der Waals surface area contributed by atoms with Crippen molar-refractivity contribution in [3.05, 3.63) is 78.0 Å². The first-order valence-corrected chi connectivity index (χ1v) is 12.1. The van der Waals surface area contributed by atoms with Crippen LogP contribution in [0, 0.1) is 0 Å². The minimum Gasteiger partial charge on any atom is -0.484 e. The van der Waals surface area contributed by atoms with E-state index in [1.807, 2.05) is 36.6 Å². The lowest BCUT2D eigenvalue weighted by Crippen LogP contribution is -2.13. The minimum atomic E-state index is 0.0276. The molecule has 190 valence electrons. The van der Waals surface area contributed by atoms with Gasteiger partial charge in [-0.2, -0.15) is 0 Å². The molecule has 4 rings (SSSR count). The van der Waals surface area contributed by atoms with Crippen molar-refractivity contribution in [2.24, 2.45) is 0 Å². The predicted octanol–water partition coefficient (Wildman–Crippen LogP) is 3.78. The van der Waals surface area contributed by atoms with Crippen LogP contribution in [0.4, 0.5) is 0 Å². The maximum Gasteiger partial charge on any atom is 0.162 e. The number of aromatic amines is 1. The summed E-state index contributed by atoms with van der Waals surface area (Å²) in [7, 11) is 0. The van der Waals surface area contributed by atoms with E-state index in [4.69, 9.17) is 28.8 Å². The number of rotatable bonds is 16. The number of hydrogen-bond acceptors (Lipinski definition) is 7. The van der Waals surface area contributed by atoms with Crippen molar-refractivity contribution in [2.45, 2.75) is 0 Å². The number of pyridine rings is 1. The summed E-state index contributed by atoms with van der Waals surface area (Å²) < 4.78 is 27.2. The molecular formula is C28H32N2O6. The third-order valence-electron chi connectivity index (χ3n) is 5.47. The van der Waals surface area contributed by atoms with Crippen molar-refractivity contribution in [3.8, 4) is 0 Å². The number of aliphatic hydroxyl groups excluding tert-OH is 1. The Labute approximate surface area is 210 Å². The number of hydrogen-bond donors (Lipinski definition) is 2. The van der Waals surface area contributed by atoms with E-state index >= 15 is 0 Å². The molecule has 1 aliphatic rings. The molecule has 0 saturated heterocycles.